The third-order valence-electron chi connectivity index (χ3n) is 5.69. The van der Waals surface area contributed by atoms with E-state index in [2.05, 4.69) is 15.4 Å². The van der Waals surface area contributed by atoms with Crippen LogP contribution in [-0.4, -0.2) is 49.4 Å². The van der Waals surface area contributed by atoms with Gasteiger partial charge in [0.05, 0.1) is 25.0 Å². The van der Waals surface area contributed by atoms with Gasteiger partial charge in [-0.3, -0.25) is 13.9 Å². The van der Waals surface area contributed by atoms with Gasteiger partial charge in [-0.25, -0.2) is 4.98 Å². The van der Waals surface area contributed by atoms with E-state index >= 15 is 0 Å². The van der Waals surface area contributed by atoms with Gasteiger partial charge in [-0.2, -0.15) is 10.1 Å². The molecule has 1 N–H and O–H groups in total. The third kappa shape index (κ3) is 3.32. The van der Waals surface area contributed by atoms with Crippen molar-refractivity contribution in [2.45, 2.75) is 45.8 Å². The van der Waals surface area contributed by atoms with E-state index in [-0.39, 0.29) is 18.1 Å². The van der Waals surface area contributed by atoms with Crippen LogP contribution >= 0.6 is 0 Å². The molecular weight excluding hydrogens is 384 g/mol. The molecule has 1 saturated carbocycles. The summed E-state index contributed by atoms with van der Waals surface area (Å²) in [6.07, 6.45) is 5.51. The van der Waals surface area contributed by atoms with Crippen LogP contribution in [0.15, 0.2) is 24.7 Å². The number of aromatic nitrogens is 5. The fourth-order valence-corrected chi connectivity index (χ4v) is 4.10. The zero-order valence-corrected chi connectivity index (χ0v) is 17.6. The zero-order valence-electron chi connectivity index (χ0n) is 17.6. The molecule has 0 bridgehead atoms. The monoisotopic (exact) mass is 410 g/mol. The lowest BCUT2D eigenvalue weighted by molar-refractivity contribution is 0.102. The Labute approximate surface area is 174 Å². The summed E-state index contributed by atoms with van der Waals surface area (Å²) < 4.78 is 15.0. The number of nitrogens with one attached hydrogen (secondary N) is 1. The van der Waals surface area contributed by atoms with E-state index in [0.29, 0.717) is 40.8 Å². The molecule has 0 spiro atoms. The molecule has 2 atom stereocenters. The molecule has 1 amide bonds. The molecule has 1 aliphatic carbocycles. The van der Waals surface area contributed by atoms with Crippen molar-refractivity contribution in [3.8, 4) is 5.88 Å². The first-order valence-electron chi connectivity index (χ1n) is 10.4. The summed E-state index contributed by atoms with van der Waals surface area (Å²) in [5.74, 6) is 2.18. The number of hydrogen-bond donors (Lipinski definition) is 1. The van der Waals surface area contributed by atoms with Crippen molar-refractivity contribution >= 4 is 17.4 Å². The second-order valence-electron chi connectivity index (χ2n) is 8.62. The summed E-state index contributed by atoms with van der Waals surface area (Å²) in [4.78, 5) is 22.1. The Morgan fingerprint density at radius 1 is 1.20 bits per heavy atom. The largest absolute Gasteiger partial charge is 0.473 e. The molecule has 30 heavy (non-hydrogen) atoms. The molecule has 2 fully saturated rings. The van der Waals surface area contributed by atoms with Gasteiger partial charge < -0.3 is 14.8 Å². The minimum atomic E-state index is -0.307. The topological polar surface area (TPSA) is 95.6 Å². The van der Waals surface area contributed by atoms with Gasteiger partial charge in [0.2, 0.25) is 11.7 Å². The number of imidazole rings is 1. The van der Waals surface area contributed by atoms with Gasteiger partial charge in [-0.1, -0.05) is 0 Å². The van der Waals surface area contributed by atoms with Crippen LogP contribution in [0.5, 0.6) is 5.88 Å². The van der Waals surface area contributed by atoms with E-state index in [9.17, 15) is 4.79 Å². The molecule has 2 unspecified atom stereocenters. The van der Waals surface area contributed by atoms with Crippen LogP contribution in [0.4, 0.5) is 5.69 Å². The van der Waals surface area contributed by atoms with Crippen LogP contribution in [-0.2, 0) is 4.74 Å². The second-order valence-corrected chi connectivity index (χ2v) is 8.62. The lowest BCUT2D eigenvalue weighted by Crippen LogP contribution is -2.17. The summed E-state index contributed by atoms with van der Waals surface area (Å²) in [5.41, 5.74) is 1.86. The van der Waals surface area contributed by atoms with Crippen molar-refractivity contribution < 1.29 is 14.3 Å². The van der Waals surface area contributed by atoms with Crippen LogP contribution < -0.4 is 10.1 Å². The summed E-state index contributed by atoms with van der Waals surface area (Å²) in [6, 6.07) is 1.88. The molecule has 4 heterocycles. The van der Waals surface area contributed by atoms with Crippen molar-refractivity contribution in [2.75, 3.05) is 18.5 Å². The van der Waals surface area contributed by atoms with Crippen LogP contribution in [0.2, 0.25) is 0 Å². The van der Waals surface area contributed by atoms with Crippen LogP contribution in [0.3, 0.4) is 0 Å². The van der Waals surface area contributed by atoms with Crippen LogP contribution in [0.1, 0.15) is 55.8 Å². The molecular formula is C21H26N6O3. The Kier molecular flexibility index (Phi) is 4.50. The second kappa shape index (κ2) is 7.09. The Morgan fingerprint density at radius 3 is 2.63 bits per heavy atom. The maximum absolute atomic E-state index is 12.8. The molecule has 0 radical (unpaired) electrons. The fourth-order valence-electron chi connectivity index (χ4n) is 4.10. The maximum Gasteiger partial charge on any atom is 0.276 e. The van der Waals surface area contributed by atoms with Gasteiger partial charge in [-0.05, 0) is 45.6 Å². The van der Waals surface area contributed by atoms with Crippen molar-refractivity contribution in [1.29, 1.82) is 0 Å². The van der Waals surface area contributed by atoms with E-state index < -0.39 is 0 Å². The average molecular weight is 410 g/mol. The van der Waals surface area contributed by atoms with E-state index in [1.54, 1.807) is 16.9 Å². The molecule has 1 aliphatic heterocycles. The molecule has 1 saturated heterocycles. The Balaban J connectivity index is 1.45. The first-order chi connectivity index (χ1) is 14.4. The van der Waals surface area contributed by atoms with Gasteiger partial charge in [0, 0.05) is 30.6 Å². The van der Waals surface area contributed by atoms with Crippen LogP contribution in [0.25, 0.3) is 5.78 Å². The highest BCUT2D eigenvalue weighted by molar-refractivity contribution is 6.03. The van der Waals surface area contributed by atoms with E-state index in [1.165, 1.54) is 0 Å². The molecule has 9 heteroatoms. The summed E-state index contributed by atoms with van der Waals surface area (Å²) >= 11 is 0. The highest BCUT2D eigenvalue weighted by Crippen LogP contribution is 2.57. The number of amides is 1. The Morgan fingerprint density at radius 2 is 1.97 bits per heavy atom. The number of carbonyl (C=O) groups is 1. The zero-order chi connectivity index (χ0) is 21.0. The fraction of sp³-hybridized carbons (Fsp3) is 0.524. The SMILES string of the molecule is CC(C)Oc1nc2nc(C3C4COCC43)cn2cc1NC(=O)c1ccn(C(C)C)n1. The quantitative estimate of drug-likeness (QED) is 0.671. The van der Waals surface area contributed by atoms with Crippen molar-refractivity contribution in [1.82, 2.24) is 24.1 Å². The number of nitrogens with zero attached hydrogens (tertiary/aromatic N) is 5. The van der Waals surface area contributed by atoms with Gasteiger partial charge in [0.25, 0.3) is 5.91 Å². The third-order valence-corrected chi connectivity index (χ3v) is 5.69. The van der Waals surface area contributed by atoms with Gasteiger partial charge in [0.1, 0.15) is 5.69 Å². The predicted molar refractivity (Wildman–Crippen MR) is 110 cm³/mol. The van der Waals surface area contributed by atoms with Gasteiger partial charge >= 0.3 is 0 Å². The van der Waals surface area contributed by atoms with E-state index in [4.69, 9.17) is 14.5 Å². The van der Waals surface area contributed by atoms with Gasteiger partial charge in [0.15, 0.2) is 5.69 Å². The maximum atomic E-state index is 12.8. The number of carbonyl (C=O) groups excluding carboxylic acids is 1. The molecule has 0 aromatic carbocycles. The normalized spacial score (nSPS) is 22.7. The highest BCUT2D eigenvalue weighted by atomic mass is 16.5. The van der Waals surface area contributed by atoms with Crippen molar-refractivity contribution in [2.24, 2.45) is 11.8 Å². The molecule has 158 valence electrons. The van der Waals surface area contributed by atoms with Crippen molar-refractivity contribution in [3.05, 3.63) is 36.0 Å². The molecule has 9 nitrogen and oxygen atoms in total. The molecule has 3 aromatic rings. The number of ether oxygens (including phenoxy) is 2. The number of rotatable bonds is 6. The van der Waals surface area contributed by atoms with E-state index in [0.717, 1.165) is 18.9 Å². The molecule has 3 aromatic heterocycles. The Bertz CT molecular complexity index is 1090. The minimum Gasteiger partial charge on any atom is -0.473 e. The van der Waals surface area contributed by atoms with Crippen LogP contribution in [0, 0.1) is 11.8 Å². The first-order valence-corrected chi connectivity index (χ1v) is 10.4. The predicted octanol–water partition coefficient (Wildman–Crippen LogP) is 2.91. The summed E-state index contributed by atoms with van der Waals surface area (Å²) in [7, 11) is 0. The molecule has 2 aliphatic rings. The van der Waals surface area contributed by atoms with Crippen molar-refractivity contribution in [3.63, 3.8) is 0 Å². The Hall–Kier alpha value is -2.94. The lowest BCUT2D eigenvalue weighted by Gasteiger charge is -2.13. The first kappa shape index (κ1) is 19.0. The standard InChI is InChI=1S/C21H26N6O3/c1-11(2)27-6-5-15(25-27)19(28)22-17-8-26-7-16(18-13-9-29-10-14(13)18)23-21(26)24-20(17)30-12(3)4/h5-8,11-14,18H,9-10H2,1-4H3,(H,22,28). The summed E-state index contributed by atoms with van der Waals surface area (Å²) in [6.45, 7) is 9.48. The number of hydrogen-bond acceptors (Lipinski definition) is 6. The average Bonchev–Trinajstić information content (AvgIpc) is 3.16. The van der Waals surface area contributed by atoms with Gasteiger partial charge in [-0.15, -0.1) is 0 Å². The smallest absolute Gasteiger partial charge is 0.276 e. The number of fused-ring (bicyclic) bond motifs is 2. The summed E-state index contributed by atoms with van der Waals surface area (Å²) in [5, 5.41) is 7.24. The number of anilines is 1. The molecule has 5 rings (SSSR count). The highest BCUT2D eigenvalue weighted by Gasteiger charge is 2.55. The minimum absolute atomic E-state index is 0.0925. The lowest BCUT2D eigenvalue weighted by atomic mass is 10.2. The van der Waals surface area contributed by atoms with E-state index in [1.807, 2.05) is 44.5 Å².